The maximum atomic E-state index is 11.7. The number of aliphatic hydroxyl groups excluding tert-OH is 1. The molecule has 0 aliphatic heterocycles. The van der Waals surface area contributed by atoms with Crippen molar-refractivity contribution in [3.63, 3.8) is 0 Å². The molecule has 0 radical (unpaired) electrons. The van der Waals surface area contributed by atoms with E-state index in [4.69, 9.17) is 15.2 Å². The average Bonchev–Trinajstić information content (AvgIpc) is 2.37. The Bertz CT molecular complexity index is 514. The molecule has 3 N–H and O–H groups in total. The number of ether oxygens (including phenoxy) is 2. The van der Waals surface area contributed by atoms with Gasteiger partial charge in [0.2, 0.25) is 0 Å². The molecule has 0 spiro atoms. The Morgan fingerprint density at radius 3 is 2.47 bits per heavy atom. The van der Waals surface area contributed by atoms with Gasteiger partial charge in [0.15, 0.2) is 0 Å². The Hall–Kier alpha value is -1.59. The summed E-state index contributed by atoms with van der Waals surface area (Å²) in [6, 6.07) is 3.51. The quantitative estimate of drug-likeness (QED) is 0.851. The lowest BCUT2D eigenvalue weighted by Crippen LogP contribution is -2.52. The van der Waals surface area contributed by atoms with Crippen LogP contribution in [0.1, 0.15) is 30.6 Å². The Kier molecular flexibility index (Phi) is 3.52. The number of Topliss-reactive ketones (excluding diaryl/α,β-unsaturated/α-hetero) is 1. The minimum atomic E-state index is -1.05. The van der Waals surface area contributed by atoms with E-state index >= 15 is 0 Å². The molecule has 2 unspecified atom stereocenters. The molecule has 0 saturated carbocycles. The van der Waals surface area contributed by atoms with Crippen LogP contribution in [0.15, 0.2) is 12.1 Å². The number of hydrogen-bond acceptors (Lipinski definition) is 5. The van der Waals surface area contributed by atoms with Gasteiger partial charge in [0.05, 0.1) is 25.9 Å². The number of nitrogens with two attached hydrogens (primary N) is 1. The van der Waals surface area contributed by atoms with Crippen LogP contribution in [-0.2, 0) is 11.2 Å². The van der Waals surface area contributed by atoms with Crippen molar-refractivity contribution in [3.05, 3.63) is 23.3 Å². The fourth-order valence-corrected chi connectivity index (χ4v) is 2.64. The van der Waals surface area contributed by atoms with Gasteiger partial charge in [0, 0.05) is 24.0 Å². The summed E-state index contributed by atoms with van der Waals surface area (Å²) in [5.41, 5.74) is 6.49. The molecule has 1 aromatic carbocycles. The monoisotopic (exact) mass is 265 g/mol. The molecular formula is C14H19NO4. The lowest BCUT2D eigenvalue weighted by molar-refractivity contribution is -0.123. The topological polar surface area (TPSA) is 81.8 Å². The summed E-state index contributed by atoms with van der Waals surface area (Å²) in [5, 5.41) is 10.3. The normalized spacial score (nSPS) is 25.6. The summed E-state index contributed by atoms with van der Waals surface area (Å²) in [7, 11) is 3.10. The predicted octanol–water partition coefficient (Wildman–Crippen LogP) is 0.970. The number of carbonyl (C=O) groups is 1. The van der Waals surface area contributed by atoms with E-state index in [2.05, 4.69) is 0 Å². The van der Waals surface area contributed by atoms with Crippen LogP contribution in [0.3, 0.4) is 0 Å². The molecule has 0 fully saturated rings. The van der Waals surface area contributed by atoms with Crippen molar-refractivity contribution in [1.29, 1.82) is 0 Å². The minimum absolute atomic E-state index is 0.137. The first kappa shape index (κ1) is 13.8. The number of carbonyl (C=O) groups excluding carboxylic acids is 1. The molecule has 2 rings (SSSR count). The van der Waals surface area contributed by atoms with Crippen LogP contribution in [0.25, 0.3) is 0 Å². The third kappa shape index (κ3) is 2.19. The van der Waals surface area contributed by atoms with Crippen LogP contribution < -0.4 is 15.2 Å². The zero-order chi connectivity index (χ0) is 14.2. The third-order valence-electron chi connectivity index (χ3n) is 3.80. The summed E-state index contributed by atoms with van der Waals surface area (Å²) >= 11 is 0. The molecule has 5 nitrogen and oxygen atoms in total. The van der Waals surface area contributed by atoms with Gasteiger partial charge in [0.1, 0.15) is 17.3 Å². The standard InChI is InChI=1S/C14H19NO4/c1-8(16)14(15)6-9-11(18-2)4-5-12(19-3)13(9)10(17)7-14/h4-5,10,17H,6-7,15H2,1-3H3. The lowest BCUT2D eigenvalue weighted by Gasteiger charge is -2.36. The van der Waals surface area contributed by atoms with Crippen molar-refractivity contribution in [2.45, 2.75) is 31.4 Å². The number of ketones is 1. The van der Waals surface area contributed by atoms with Gasteiger partial charge >= 0.3 is 0 Å². The third-order valence-corrected chi connectivity index (χ3v) is 3.80. The molecule has 0 aromatic heterocycles. The number of benzene rings is 1. The molecule has 0 heterocycles. The van der Waals surface area contributed by atoms with Crippen molar-refractivity contribution >= 4 is 5.78 Å². The van der Waals surface area contributed by atoms with E-state index in [0.717, 1.165) is 5.56 Å². The minimum Gasteiger partial charge on any atom is -0.496 e. The molecule has 0 bridgehead atoms. The molecule has 1 aliphatic carbocycles. The molecular weight excluding hydrogens is 246 g/mol. The summed E-state index contributed by atoms with van der Waals surface area (Å²) in [5.74, 6) is 1.07. The highest BCUT2D eigenvalue weighted by Gasteiger charge is 2.41. The molecule has 104 valence electrons. The van der Waals surface area contributed by atoms with Gasteiger partial charge in [-0.1, -0.05) is 0 Å². The van der Waals surface area contributed by atoms with Gasteiger partial charge in [-0.25, -0.2) is 0 Å². The molecule has 19 heavy (non-hydrogen) atoms. The second-order valence-electron chi connectivity index (χ2n) is 4.97. The predicted molar refractivity (Wildman–Crippen MR) is 70.4 cm³/mol. The van der Waals surface area contributed by atoms with E-state index < -0.39 is 11.6 Å². The van der Waals surface area contributed by atoms with Crippen LogP contribution in [0, 0.1) is 0 Å². The maximum absolute atomic E-state index is 11.7. The Morgan fingerprint density at radius 2 is 1.95 bits per heavy atom. The Morgan fingerprint density at radius 1 is 1.37 bits per heavy atom. The van der Waals surface area contributed by atoms with Crippen molar-refractivity contribution in [2.24, 2.45) is 5.73 Å². The lowest BCUT2D eigenvalue weighted by atomic mass is 9.74. The average molecular weight is 265 g/mol. The van der Waals surface area contributed by atoms with Crippen molar-refractivity contribution in [3.8, 4) is 11.5 Å². The summed E-state index contributed by atoms with van der Waals surface area (Å²) in [6.07, 6.45) is -0.295. The highest BCUT2D eigenvalue weighted by atomic mass is 16.5. The first-order chi connectivity index (χ1) is 8.92. The second-order valence-corrected chi connectivity index (χ2v) is 4.97. The molecule has 1 aliphatic rings. The molecule has 1 aromatic rings. The summed E-state index contributed by atoms with van der Waals surface area (Å²) in [6.45, 7) is 1.45. The number of hydrogen-bond donors (Lipinski definition) is 2. The van der Waals surface area contributed by atoms with Gasteiger partial charge < -0.3 is 20.3 Å². The van der Waals surface area contributed by atoms with E-state index in [1.165, 1.54) is 6.92 Å². The summed E-state index contributed by atoms with van der Waals surface area (Å²) in [4.78, 5) is 11.7. The van der Waals surface area contributed by atoms with Gasteiger partial charge in [-0.2, -0.15) is 0 Å². The highest BCUT2D eigenvalue weighted by Crippen LogP contribution is 2.43. The van der Waals surface area contributed by atoms with Gasteiger partial charge in [-0.15, -0.1) is 0 Å². The van der Waals surface area contributed by atoms with Gasteiger partial charge in [-0.05, 0) is 19.1 Å². The van der Waals surface area contributed by atoms with E-state index in [0.29, 0.717) is 23.5 Å². The maximum Gasteiger partial charge on any atom is 0.150 e. The fraction of sp³-hybridized carbons (Fsp3) is 0.500. The van der Waals surface area contributed by atoms with E-state index in [1.54, 1.807) is 26.4 Å². The SMILES string of the molecule is COc1ccc(OC)c2c1CC(N)(C(C)=O)CC2O. The number of aliphatic hydroxyl groups is 1. The zero-order valence-corrected chi connectivity index (χ0v) is 11.4. The second kappa shape index (κ2) is 4.83. The van der Waals surface area contributed by atoms with Crippen LogP contribution in [0.4, 0.5) is 0 Å². The molecule has 2 atom stereocenters. The molecule has 5 heteroatoms. The van der Waals surface area contributed by atoms with Crippen molar-refractivity contribution < 1.29 is 19.4 Å². The van der Waals surface area contributed by atoms with E-state index in [9.17, 15) is 9.90 Å². The molecule has 0 saturated heterocycles. The van der Waals surface area contributed by atoms with Crippen LogP contribution in [0.5, 0.6) is 11.5 Å². The first-order valence-electron chi connectivity index (χ1n) is 6.14. The number of fused-ring (bicyclic) bond motifs is 1. The van der Waals surface area contributed by atoms with Crippen LogP contribution >= 0.6 is 0 Å². The van der Waals surface area contributed by atoms with Crippen LogP contribution in [-0.4, -0.2) is 30.6 Å². The molecule has 0 amide bonds. The van der Waals surface area contributed by atoms with Crippen molar-refractivity contribution in [1.82, 2.24) is 0 Å². The highest BCUT2D eigenvalue weighted by molar-refractivity contribution is 5.87. The fourth-order valence-electron chi connectivity index (χ4n) is 2.64. The Labute approximate surface area is 112 Å². The number of methoxy groups -OCH3 is 2. The Balaban J connectivity index is 2.60. The first-order valence-corrected chi connectivity index (χ1v) is 6.14. The smallest absolute Gasteiger partial charge is 0.150 e. The van der Waals surface area contributed by atoms with E-state index in [-0.39, 0.29) is 12.2 Å². The van der Waals surface area contributed by atoms with E-state index in [1.807, 2.05) is 0 Å². The van der Waals surface area contributed by atoms with Crippen molar-refractivity contribution in [2.75, 3.05) is 14.2 Å². The number of rotatable bonds is 3. The largest absolute Gasteiger partial charge is 0.496 e. The van der Waals surface area contributed by atoms with Gasteiger partial charge in [-0.3, -0.25) is 4.79 Å². The van der Waals surface area contributed by atoms with Gasteiger partial charge in [0.25, 0.3) is 0 Å². The summed E-state index contributed by atoms with van der Waals surface area (Å²) < 4.78 is 10.6. The van der Waals surface area contributed by atoms with Crippen LogP contribution in [0.2, 0.25) is 0 Å². The zero-order valence-electron chi connectivity index (χ0n) is 11.4.